The van der Waals surface area contributed by atoms with Gasteiger partial charge in [0.2, 0.25) is 5.13 Å². The molecule has 0 radical (unpaired) electrons. The first-order valence-electron chi connectivity index (χ1n) is 10.2. The number of nitrogens with one attached hydrogen (secondary N) is 1. The van der Waals surface area contributed by atoms with Crippen molar-refractivity contribution < 1.29 is 24.2 Å². The van der Waals surface area contributed by atoms with Crippen LogP contribution in [0.3, 0.4) is 0 Å². The highest BCUT2D eigenvalue weighted by atomic mass is 32.1. The summed E-state index contributed by atoms with van der Waals surface area (Å²) < 4.78 is 15.5. The van der Waals surface area contributed by atoms with Crippen LogP contribution >= 0.6 is 11.5 Å². The fourth-order valence-electron chi connectivity index (χ4n) is 3.04. The Kier molecular flexibility index (Phi) is 6.66. The lowest BCUT2D eigenvalue weighted by Gasteiger charge is -2.30. The van der Waals surface area contributed by atoms with Crippen LogP contribution in [-0.2, 0) is 0 Å². The summed E-state index contributed by atoms with van der Waals surface area (Å²) in [6.07, 6.45) is 1.03. The molecule has 0 saturated carbocycles. The third-order valence-corrected chi connectivity index (χ3v) is 5.53. The summed E-state index contributed by atoms with van der Waals surface area (Å²) in [5.74, 6) is 1.34. The standard InChI is InChI=1S/C23H22N4O5S/c1-14(13-28)31-19-10-17(21(29)25-23-24-15(2)26-33-23)11-20(12-19)32-18-6-4-16(5-7-18)22(30)27-8-3-9-27/h4-7,10-12,28H,1,3,8-9,13H2,2H3,(H,24,25,26,29). The van der Waals surface area contributed by atoms with Crippen molar-refractivity contribution >= 4 is 28.5 Å². The predicted molar refractivity (Wildman–Crippen MR) is 123 cm³/mol. The summed E-state index contributed by atoms with van der Waals surface area (Å²) >= 11 is 1.08. The fraction of sp³-hybridized carbons (Fsp3) is 0.217. The Bertz CT molecular complexity index is 1190. The smallest absolute Gasteiger partial charge is 0.257 e. The van der Waals surface area contributed by atoms with Crippen LogP contribution in [0.2, 0.25) is 0 Å². The maximum Gasteiger partial charge on any atom is 0.257 e. The lowest BCUT2D eigenvalue weighted by Crippen LogP contribution is -2.41. The molecule has 2 heterocycles. The highest BCUT2D eigenvalue weighted by molar-refractivity contribution is 7.09. The first-order valence-corrected chi connectivity index (χ1v) is 11.0. The van der Waals surface area contributed by atoms with Crippen molar-refractivity contribution in [2.45, 2.75) is 13.3 Å². The van der Waals surface area contributed by atoms with Gasteiger partial charge >= 0.3 is 0 Å². The highest BCUT2D eigenvalue weighted by Crippen LogP contribution is 2.29. The van der Waals surface area contributed by atoms with E-state index in [4.69, 9.17) is 9.47 Å². The molecule has 1 aliphatic rings. The third-order valence-electron chi connectivity index (χ3n) is 4.81. The van der Waals surface area contributed by atoms with Crippen LogP contribution in [-0.4, -0.2) is 50.9 Å². The number of rotatable bonds is 8. The maximum atomic E-state index is 12.8. The van der Waals surface area contributed by atoms with E-state index < -0.39 is 5.91 Å². The quantitative estimate of drug-likeness (QED) is 0.487. The van der Waals surface area contributed by atoms with E-state index in [0.29, 0.717) is 28.0 Å². The molecule has 0 atom stereocenters. The van der Waals surface area contributed by atoms with Gasteiger partial charge in [0.1, 0.15) is 35.4 Å². The molecule has 2 aromatic carbocycles. The number of anilines is 1. The van der Waals surface area contributed by atoms with Gasteiger partial charge in [0.05, 0.1) is 0 Å². The zero-order chi connectivity index (χ0) is 23.4. The molecule has 33 heavy (non-hydrogen) atoms. The van der Waals surface area contributed by atoms with Gasteiger partial charge in [-0.2, -0.15) is 4.37 Å². The van der Waals surface area contributed by atoms with Gasteiger partial charge in [-0.1, -0.05) is 6.58 Å². The minimum Gasteiger partial charge on any atom is -0.460 e. The van der Waals surface area contributed by atoms with Gasteiger partial charge in [-0.05, 0) is 49.7 Å². The van der Waals surface area contributed by atoms with E-state index in [2.05, 4.69) is 21.3 Å². The van der Waals surface area contributed by atoms with Crippen LogP contribution in [0.15, 0.2) is 54.8 Å². The molecule has 0 aliphatic carbocycles. The number of amides is 2. The molecular formula is C23H22N4O5S. The second-order valence-electron chi connectivity index (χ2n) is 7.37. The molecule has 1 aromatic heterocycles. The number of hydrogen-bond donors (Lipinski definition) is 2. The van der Waals surface area contributed by atoms with E-state index >= 15 is 0 Å². The number of nitrogens with zero attached hydrogens (tertiary/aromatic N) is 3. The minimum atomic E-state index is -0.424. The Labute approximate surface area is 194 Å². The van der Waals surface area contributed by atoms with Crippen molar-refractivity contribution in [3.63, 3.8) is 0 Å². The first kappa shape index (κ1) is 22.4. The van der Waals surface area contributed by atoms with Gasteiger partial charge in [-0.25, -0.2) is 4.98 Å². The van der Waals surface area contributed by atoms with Gasteiger partial charge in [0, 0.05) is 41.8 Å². The summed E-state index contributed by atoms with van der Waals surface area (Å²) in [5, 5.41) is 12.3. The molecule has 1 fully saturated rings. The number of aliphatic hydroxyl groups excluding tert-OH is 1. The van der Waals surface area contributed by atoms with Crippen molar-refractivity contribution in [3.8, 4) is 17.2 Å². The highest BCUT2D eigenvalue weighted by Gasteiger charge is 2.21. The normalized spacial score (nSPS) is 12.6. The number of carbonyl (C=O) groups excluding carboxylic acids is 2. The Morgan fingerprint density at radius 1 is 1.12 bits per heavy atom. The summed E-state index contributed by atoms with van der Waals surface area (Å²) in [6.45, 7) is 6.54. The summed E-state index contributed by atoms with van der Waals surface area (Å²) in [6, 6.07) is 11.4. The van der Waals surface area contributed by atoms with E-state index in [9.17, 15) is 14.7 Å². The van der Waals surface area contributed by atoms with Gasteiger partial charge in [0.15, 0.2) is 0 Å². The molecular weight excluding hydrogens is 444 g/mol. The van der Waals surface area contributed by atoms with E-state index in [1.54, 1.807) is 48.2 Å². The molecule has 0 unspecified atom stereocenters. The first-order chi connectivity index (χ1) is 15.9. The third kappa shape index (κ3) is 5.54. The van der Waals surface area contributed by atoms with Crippen LogP contribution in [0.5, 0.6) is 17.2 Å². The maximum absolute atomic E-state index is 12.8. The topological polar surface area (TPSA) is 114 Å². The van der Waals surface area contributed by atoms with Gasteiger partial charge in [-0.15, -0.1) is 0 Å². The Hall–Kier alpha value is -3.76. The zero-order valence-electron chi connectivity index (χ0n) is 17.9. The molecule has 10 heteroatoms. The van der Waals surface area contributed by atoms with E-state index in [0.717, 1.165) is 31.0 Å². The average molecular weight is 467 g/mol. The van der Waals surface area contributed by atoms with Gasteiger partial charge in [-0.3, -0.25) is 14.9 Å². The molecule has 2 N–H and O–H groups in total. The molecule has 4 rings (SSSR count). The molecule has 170 valence electrons. The van der Waals surface area contributed by atoms with Crippen molar-refractivity contribution in [2.24, 2.45) is 0 Å². The molecule has 3 aromatic rings. The summed E-state index contributed by atoms with van der Waals surface area (Å²) in [7, 11) is 0. The number of likely N-dealkylation sites (tertiary alicyclic amines) is 1. The van der Waals surface area contributed by atoms with Crippen molar-refractivity contribution in [3.05, 3.63) is 71.8 Å². The van der Waals surface area contributed by atoms with Gasteiger partial charge in [0.25, 0.3) is 11.8 Å². The molecule has 1 aliphatic heterocycles. The van der Waals surface area contributed by atoms with Crippen LogP contribution in [0, 0.1) is 6.92 Å². The number of hydrogen-bond acceptors (Lipinski definition) is 8. The molecule has 0 spiro atoms. The largest absolute Gasteiger partial charge is 0.460 e. The number of aryl methyl sites for hydroxylation is 1. The second kappa shape index (κ2) is 9.80. The van der Waals surface area contributed by atoms with E-state index in [-0.39, 0.29) is 29.6 Å². The molecule has 9 nitrogen and oxygen atoms in total. The molecule has 0 bridgehead atoms. The Morgan fingerprint density at radius 3 is 2.45 bits per heavy atom. The van der Waals surface area contributed by atoms with E-state index in [1.807, 2.05) is 0 Å². The lowest BCUT2D eigenvalue weighted by atomic mass is 10.1. The number of carbonyl (C=O) groups is 2. The van der Waals surface area contributed by atoms with Crippen LogP contribution in [0.25, 0.3) is 0 Å². The number of ether oxygens (including phenoxy) is 2. The molecule has 1 saturated heterocycles. The predicted octanol–water partition coefficient (Wildman–Crippen LogP) is 3.62. The van der Waals surface area contributed by atoms with Gasteiger partial charge < -0.3 is 19.5 Å². The van der Waals surface area contributed by atoms with Crippen molar-refractivity contribution in [2.75, 3.05) is 25.0 Å². The second-order valence-corrected chi connectivity index (χ2v) is 8.12. The monoisotopic (exact) mass is 466 g/mol. The number of aromatic nitrogens is 2. The molecule has 2 amide bonds. The lowest BCUT2D eigenvalue weighted by molar-refractivity contribution is 0.0651. The summed E-state index contributed by atoms with van der Waals surface area (Å²) in [5.41, 5.74) is 0.844. The van der Waals surface area contributed by atoms with Crippen molar-refractivity contribution in [1.82, 2.24) is 14.3 Å². The Balaban J connectivity index is 1.54. The summed E-state index contributed by atoms with van der Waals surface area (Å²) in [4.78, 5) is 31.0. The van der Waals surface area contributed by atoms with Crippen LogP contribution in [0.1, 0.15) is 33.0 Å². The zero-order valence-corrected chi connectivity index (χ0v) is 18.7. The SMILES string of the molecule is C=C(CO)Oc1cc(Oc2ccc(C(=O)N3CCC3)cc2)cc(C(=O)Nc2nc(C)ns2)c1. The number of aliphatic hydroxyl groups is 1. The fourth-order valence-corrected chi connectivity index (χ4v) is 3.61. The van der Waals surface area contributed by atoms with Crippen LogP contribution < -0.4 is 14.8 Å². The van der Waals surface area contributed by atoms with Crippen LogP contribution in [0.4, 0.5) is 5.13 Å². The number of benzene rings is 2. The minimum absolute atomic E-state index is 0.00316. The Morgan fingerprint density at radius 2 is 1.85 bits per heavy atom. The average Bonchev–Trinajstić information content (AvgIpc) is 3.17. The van der Waals surface area contributed by atoms with Crippen molar-refractivity contribution in [1.29, 1.82) is 0 Å². The van der Waals surface area contributed by atoms with E-state index in [1.165, 1.54) is 6.07 Å².